The molecule has 0 aliphatic rings. The first-order valence-corrected chi connectivity index (χ1v) is 6.07. The number of aldehydes is 1. The molecule has 0 aliphatic carbocycles. The lowest BCUT2D eigenvalue weighted by Crippen LogP contribution is -2.08. The molecule has 5 heteroatoms. The molecule has 0 aromatic carbocycles. The highest BCUT2D eigenvalue weighted by Crippen LogP contribution is 2.13. The molecule has 2 aromatic rings. The fourth-order valence-corrected chi connectivity index (χ4v) is 2.08. The van der Waals surface area contributed by atoms with Gasteiger partial charge in [-0.15, -0.1) is 0 Å². The molecule has 0 fully saturated rings. The monoisotopic (exact) mass is 246 g/mol. The van der Waals surface area contributed by atoms with E-state index in [1.54, 1.807) is 0 Å². The number of rotatable bonds is 4. The normalized spacial score (nSPS) is 10.9. The van der Waals surface area contributed by atoms with Gasteiger partial charge in [-0.1, -0.05) is 6.92 Å². The van der Waals surface area contributed by atoms with E-state index in [0.717, 1.165) is 35.5 Å². The van der Waals surface area contributed by atoms with Crippen molar-refractivity contribution < 1.29 is 4.79 Å². The quantitative estimate of drug-likeness (QED) is 0.771. The van der Waals surface area contributed by atoms with Crippen LogP contribution in [0.3, 0.4) is 0 Å². The van der Waals surface area contributed by atoms with Crippen molar-refractivity contribution in [2.24, 2.45) is 7.05 Å². The minimum Gasteiger partial charge on any atom is -0.298 e. The highest BCUT2D eigenvalue weighted by Gasteiger charge is 2.12. The van der Waals surface area contributed by atoms with Gasteiger partial charge in [0.15, 0.2) is 6.29 Å². The molecule has 0 unspecified atom stereocenters. The molecule has 0 N–H and O–H groups in total. The van der Waals surface area contributed by atoms with Crippen molar-refractivity contribution in [1.29, 1.82) is 0 Å². The van der Waals surface area contributed by atoms with E-state index >= 15 is 0 Å². The maximum atomic E-state index is 11.0. The highest BCUT2D eigenvalue weighted by molar-refractivity contribution is 5.78. The Morgan fingerprint density at radius 2 is 2.06 bits per heavy atom. The predicted octanol–water partition coefficient (Wildman–Crippen LogP) is 1.66. The zero-order chi connectivity index (χ0) is 13.3. The lowest BCUT2D eigenvalue weighted by atomic mass is 10.2. The van der Waals surface area contributed by atoms with E-state index < -0.39 is 0 Å². The summed E-state index contributed by atoms with van der Waals surface area (Å²) in [5.41, 5.74) is 4.54. The van der Waals surface area contributed by atoms with Crippen LogP contribution in [0.1, 0.15) is 40.1 Å². The molecule has 18 heavy (non-hydrogen) atoms. The smallest absolute Gasteiger partial charge is 0.153 e. The second-order valence-electron chi connectivity index (χ2n) is 4.46. The van der Waals surface area contributed by atoms with Gasteiger partial charge >= 0.3 is 0 Å². The van der Waals surface area contributed by atoms with Crippen LogP contribution in [0.15, 0.2) is 6.07 Å². The van der Waals surface area contributed by atoms with E-state index in [9.17, 15) is 4.79 Å². The Labute approximate surface area is 106 Å². The van der Waals surface area contributed by atoms with Crippen LogP contribution in [-0.4, -0.2) is 25.8 Å². The van der Waals surface area contributed by atoms with Gasteiger partial charge in [0.25, 0.3) is 0 Å². The van der Waals surface area contributed by atoms with Crippen LogP contribution in [0.25, 0.3) is 0 Å². The molecular formula is C13H18N4O. The summed E-state index contributed by atoms with van der Waals surface area (Å²) < 4.78 is 3.73. The molecule has 0 amide bonds. The van der Waals surface area contributed by atoms with Crippen LogP contribution in [-0.2, 0) is 20.0 Å². The summed E-state index contributed by atoms with van der Waals surface area (Å²) in [6, 6.07) is 2.08. The minimum atomic E-state index is 0.643. The van der Waals surface area contributed by atoms with Gasteiger partial charge in [0.05, 0.1) is 29.2 Å². The number of aryl methyl sites for hydroxylation is 3. The van der Waals surface area contributed by atoms with E-state index in [1.807, 2.05) is 30.3 Å². The summed E-state index contributed by atoms with van der Waals surface area (Å²) >= 11 is 0. The second kappa shape index (κ2) is 4.76. The fourth-order valence-electron chi connectivity index (χ4n) is 2.08. The van der Waals surface area contributed by atoms with Crippen molar-refractivity contribution >= 4 is 6.29 Å². The minimum absolute atomic E-state index is 0.643. The van der Waals surface area contributed by atoms with Crippen molar-refractivity contribution in [1.82, 2.24) is 19.6 Å². The number of nitrogens with zero attached hydrogens (tertiary/aromatic N) is 4. The number of carbonyl (C=O) groups excluding carboxylic acids is 1. The Kier molecular flexibility index (Phi) is 3.32. The molecule has 0 saturated carbocycles. The molecule has 96 valence electrons. The summed E-state index contributed by atoms with van der Waals surface area (Å²) in [6.45, 7) is 6.50. The number of hydrogen-bond donors (Lipinski definition) is 0. The molecule has 0 aliphatic heterocycles. The van der Waals surface area contributed by atoms with Crippen molar-refractivity contribution in [3.8, 4) is 0 Å². The maximum absolute atomic E-state index is 11.0. The Hall–Kier alpha value is -1.91. The van der Waals surface area contributed by atoms with Gasteiger partial charge < -0.3 is 0 Å². The van der Waals surface area contributed by atoms with E-state index in [1.165, 1.54) is 0 Å². The lowest BCUT2D eigenvalue weighted by Gasteiger charge is -2.04. The van der Waals surface area contributed by atoms with Gasteiger partial charge in [0.1, 0.15) is 0 Å². The molecule has 0 spiro atoms. The van der Waals surface area contributed by atoms with E-state index in [2.05, 4.69) is 23.2 Å². The average Bonchev–Trinajstić information content (AvgIpc) is 2.82. The molecule has 0 radical (unpaired) electrons. The van der Waals surface area contributed by atoms with Gasteiger partial charge in [-0.2, -0.15) is 10.2 Å². The fraction of sp³-hybridized carbons (Fsp3) is 0.462. The predicted molar refractivity (Wildman–Crippen MR) is 68.8 cm³/mol. The first-order chi connectivity index (χ1) is 8.56. The Balaban J connectivity index is 2.33. The summed E-state index contributed by atoms with van der Waals surface area (Å²) in [6.07, 6.45) is 1.79. The van der Waals surface area contributed by atoms with Crippen LogP contribution >= 0.6 is 0 Å². The first kappa shape index (κ1) is 12.5. The van der Waals surface area contributed by atoms with Gasteiger partial charge in [0.2, 0.25) is 0 Å². The van der Waals surface area contributed by atoms with Gasteiger partial charge in [-0.05, 0) is 26.3 Å². The molecule has 2 heterocycles. The Bertz CT molecular complexity index is 580. The van der Waals surface area contributed by atoms with Crippen molar-refractivity contribution in [2.75, 3.05) is 0 Å². The topological polar surface area (TPSA) is 52.7 Å². The van der Waals surface area contributed by atoms with Crippen LogP contribution in [0, 0.1) is 13.8 Å². The molecule has 0 bridgehead atoms. The molecule has 2 rings (SSSR count). The average molecular weight is 246 g/mol. The highest BCUT2D eigenvalue weighted by atomic mass is 16.1. The Morgan fingerprint density at radius 1 is 1.33 bits per heavy atom. The molecular weight excluding hydrogens is 228 g/mol. The summed E-state index contributed by atoms with van der Waals surface area (Å²) in [5.74, 6) is 0. The standard InChI is InChI=1S/C13H18N4O/c1-5-11-6-12(16(4)15-11)7-17-10(3)13(8-18)9(2)14-17/h6,8H,5,7H2,1-4H3. The molecule has 0 saturated heterocycles. The molecule has 2 aromatic heterocycles. The second-order valence-corrected chi connectivity index (χ2v) is 4.46. The van der Waals surface area contributed by atoms with Crippen molar-refractivity contribution in [3.05, 3.63) is 34.4 Å². The number of aromatic nitrogens is 4. The van der Waals surface area contributed by atoms with Crippen LogP contribution in [0.5, 0.6) is 0 Å². The largest absolute Gasteiger partial charge is 0.298 e. The third kappa shape index (κ3) is 2.08. The zero-order valence-electron chi connectivity index (χ0n) is 11.3. The SMILES string of the molecule is CCc1cc(Cn2nc(C)c(C=O)c2C)n(C)n1. The van der Waals surface area contributed by atoms with Crippen molar-refractivity contribution in [3.63, 3.8) is 0 Å². The summed E-state index contributed by atoms with van der Waals surface area (Å²) in [4.78, 5) is 11.0. The van der Waals surface area contributed by atoms with Gasteiger partial charge in [-0.3, -0.25) is 14.2 Å². The van der Waals surface area contributed by atoms with Crippen molar-refractivity contribution in [2.45, 2.75) is 33.7 Å². The zero-order valence-corrected chi connectivity index (χ0v) is 11.3. The van der Waals surface area contributed by atoms with E-state index in [0.29, 0.717) is 12.1 Å². The number of carbonyl (C=O) groups is 1. The van der Waals surface area contributed by atoms with Crippen LogP contribution in [0.4, 0.5) is 0 Å². The Morgan fingerprint density at radius 3 is 2.56 bits per heavy atom. The first-order valence-electron chi connectivity index (χ1n) is 6.07. The molecule has 0 atom stereocenters. The van der Waals surface area contributed by atoms with E-state index in [4.69, 9.17) is 0 Å². The summed E-state index contributed by atoms with van der Waals surface area (Å²) in [5, 5.41) is 8.81. The van der Waals surface area contributed by atoms with Crippen LogP contribution < -0.4 is 0 Å². The van der Waals surface area contributed by atoms with Gasteiger partial charge in [0, 0.05) is 12.7 Å². The lowest BCUT2D eigenvalue weighted by molar-refractivity contribution is 0.112. The molecule has 5 nitrogen and oxygen atoms in total. The third-order valence-corrected chi connectivity index (χ3v) is 3.26. The van der Waals surface area contributed by atoms with Crippen LogP contribution in [0.2, 0.25) is 0 Å². The summed E-state index contributed by atoms with van der Waals surface area (Å²) in [7, 11) is 1.93. The third-order valence-electron chi connectivity index (χ3n) is 3.26. The van der Waals surface area contributed by atoms with Gasteiger partial charge in [-0.25, -0.2) is 0 Å². The maximum Gasteiger partial charge on any atom is 0.153 e. The van der Waals surface area contributed by atoms with E-state index in [-0.39, 0.29) is 0 Å². The number of hydrogen-bond acceptors (Lipinski definition) is 3.